The average molecular weight is 478 g/mol. The van der Waals surface area contributed by atoms with Crippen LogP contribution in [0.4, 0.5) is 0 Å². The second kappa shape index (κ2) is 10.6. The van der Waals surface area contributed by atoms with Crippen LogP contribution in [0.25, 0.3) is 11.0 Å². The number of hydrogen-bond donors (Lipinski definition) is 1. The largest absolute Gasteiger partial charge is 0.353 e. The van der Waals surface area contributed by atoms with Crippen LogP contribution in [-0.2, 0) is 32.6 Å². The van der Waals surface area contributed by atoms with Gasteiger partial charge in [-0.25, -0.2) is 17.7 Å². The Morgan fingerprint density at radius 2 is 1.91 bits per heavy atom. The molecule has 1 saturated heterocycles. The van der Waals surface area contributed by atoms with Crippen LogP contribution in [0.3, 0.4) is 0 Å². The van der Waals surface area contributed by atoms with E-state index in [1.165, 1.54) is 25.3 Å². The van der Waals surface area contributed by atoms with Gasteiger partial charge in [-0.15, -0.1) is 0 Å². The summed E-state index contributed by atoms with van der Waals surface area (Å²) in [5, 5.41) is 2.93. The van der Waals surface area contributed by atoms with Crippen molar-refractivity contribution in [3.05, 3.63) is 24.0 Å². The van der Waals surface area contributed by atoms with Gasteiger partial charge in [-0.2, -0.15) is 0 Å². The number of nitrogens with zero attached hydrogens (tertiary/aromatic N) is 4. The molecule has 3 rings (SSSR count). The number of sulfonamides is 1. The van der Waals surface area contributed by atoms with Crippen molar-refractivity contribution in [1.82, 2.24) is 24.1 Å². The molecule has 1 aromatic carbocycles. The minimum Gasteiger partial charge on any atom is -0.353 e. The Labute approximate surface area is 196 Å². The minimum atomic E-state index is -3.54. The Morgan fingerprint density at radius 3 is 2.52 bits per heavy atom. The van der Waals surface area contributed by atoms with Gasteiger partial charge < -0.3 is 14.8 Å². The fourth-order valence-corrected chi connectivity index (χ4v) is 5.15. The van der Waals surface area contributed by atoms with Gasteiger partial charge in [0.25, 0.3) is 0 Å². The summed E-state index contributed by atoms with van der Waals surface area (Å²) in [6.07, 6.45) is 4.38. The first-order valence-corrected chi connectivity index (χ1v) is 13.0. The van der Waals surface area contributed by atoms with E-state index in [1.807, 2.05) is 11.0 Å². The standard InChI is InChI=1S/C23H35N5O4S/c1-5-6-13-28-21-8-7-19(33(31,32)26(3)4)16-20(21)25-22(28)9-10-23(30)27-14-11-18(12-15-27)24-17(2)29/h7-8,16,18H,5-6,9-15H2,1-4H3,(H,24,29). The van der Waals surface area contributed by atoms with Crippen molar-refractivity contribution in [1.29, 1.82) is 0 Å². The number of nitrogens with one attached hydrogen (secondary N) is 1. The first kappa shape index (κ1) is 25.2. The quantitative estimate of drug-likeness (QED) is 0.596. The van der Waals surface area contributed by atoms with E-state index in [-0.39, 0.29) is 22.8 Å². The van der Waals surface area contributed by atoms with E-state index in [9.17, 15) is 18.0 Å². The molecule has 0 radical (unpaired) electrons. The molecule has 0 aliphatic carbocycles. The van der Waals surface area contributed by atoms with Crippen LogP contribution in [-0.4, -0.2) is 72.2 Å². The van der Waals surface area contributed by atoms with Crippen molar-refractivity contribution in [3.8, 4) is 0 Å². The number of unbranched alkanes of at least 4 members (excludes halogenated alkanes) is 1. The SMILES string of the molecule is CCCCn1c(CCC(=O)N2CCC(NC(C)=O)CC2)nc2cc(S(=O)(=O)N(C)C)ccc21. The molecule has 9 nitrogen and oxygen atoms in total. The Hall–Kier alpha value is -2.46. The fraction of sp³-hybridized carbons (Fsp3) is 0.609. The number of amides is 2. The highest BCUT2D eigenvalue weighted by Gasteiger charge is 2.24. The summed E-state index contributed by atoms with van der Waals surface area (Å²) in [6, 6.07) is 5.19. The highest BCUT2D eigenvalue weighted by Crippen LogP contribution is 2.24. The second-order valence-corrected chi connectivity index (χ2v) is 11.0. The minimum absolute atomic E-state index is 0.0349. The molecular weight excluding hydrogens is 442 g/mol. The topological polar surface area (TPSA) is 105 Å². The molecule has 1 aliphatic rings. The second-order valence-electron chi connectivity index (χ2n) is 8.83. The van der Waals surface area contributed by atoms with E-state index in [0.29, 0.717) is 31.4 Å². The van der Waals surface area contributed by atoms with Gasteiger partial charge in [0.05, 0.1) is 15.9 Å². The molecule has 1 aromatic heterocycles. The number of rotatable bonds is 9. The molecule has 0 spiro atoms. The lowest BCUT2D eigenvalue weighted by Crippen LogP contribution is -2.46. The highest BCUT2D eigenvalue weighted by atomic mass is 32.2. The fourth-order valence-electron chi connectivity index (χ4n) is 4.22. The van der Waals surface area contributed by atoms with E-state index in [0.717, 1.165) is 43.6 Å². The van der Waals surface area contributed by atoms with E-state index in [4.69, 9.17) is 4.98 Å². The molecule has 0 unspecified atom stereocenters. The molecule has 1 N–H and O–H groups in total. The Balaban J connectivity index is 1.75. The van der Waals surface area contributed by atoms with Crippen LogP contribution in [0.5, 0.6) is 0 Å². The number of imidazole rings is 1. The van der Waals surface area contributed by atoms with Crippen molar-refractivity contribution in [3.63, 3.8) is 0 Å². The zero-order valence-electron chi connectivity index (χ0n) is 20.0. The molecule has 0 atom stereocenters. The summed E-state index contributed by atoms with van der Waals surface area (Å²) in [5.74, 6) is 0.855. The van der Waals surface area contributed by atoms with Crippen LogP contribution < -0.4 is 5.32 Å². The van der Waals surface area contributed by atoms with E-state index in [2.05, 4.69) is 16.8 Å². The molecule has 0 bridgehead atoms. The maximum absolute atomic E-state index is 12.8. The smallest absolute Gasteiger partial charge is 0.242 e. The molecule has 2 aromatic rings. The molecule has 2 amide bonds. The van der Waals surface area contributed by atoms with Gasteiger partial charge in [0.2, 0.25) is 21.8 Å². The molecule has 33 heavy (non-hydrogen) atoms. The molecular formula is C23H35N5O4S. The van der Waals surface area contributed by atoms with Crippen molar-refractivity contribution in [2.75, 3.05) is 27.2 Å². The van der Waals surface area contributed by atoms with Crippen LogP contribution in [0, 0.1) is 0 Å². The van der Waals surface area contributed by atoms with Gasteiger partial charge in [-0.05, 0) is 37.5 Å². The number of hydrogen-bond acceptors (Lipinski definition) is 5. The van der Waals surface area contributed by atoms with Crippen LogP contribution >= 0.6 is 0 Å². The number of fused-ring (bicyclic) bond motifs is 1. The predicted octanol–water partition coefficient (Wildman–Crippen LogP) is 2.15. The summed E-state index contributed by atoms with van der Waals surface area (Å²) >= 11 is 0. The number of aromatic nitrogens is 2. The Kier molecular flexibility index (Phi) is 8.12. The lowest BCUT2D eigenvalue weighted by atomic mass is 10.0. The van der Waals surface area contributed by atoms with Gasteiger partial charge in [0.1, 0.15) is 5.82 Å². The number of carbonyl (C=O) groups excluding carboxylic acids is 2. The van der Waals surface area contributed by atoms with E-state index >= 15 is 0 Å². The first-order valence-electron chi connectivity index (χ1n) is 11.6. The number of carbonyl (C=O) groups is 2. The van der Waals surface area contributed by atoms with Gasteiger partial charge in [0.15, 0.2) is 0 Å². The van der Waals surface area contributed by atoms with Crippen LogP contribution in [0.1, 0.15) is 51.8 Å². The summed E-state index contributed by atoms with van der Waals surface area (Å²) in [4.78, 5) is 30.9. The van der Waals surface area contributed by atoms with Gasteiger partial charge in [-0.1, -0.05) is 13.3 Å². The number of likely N-dealkylation sites (tertiary alicyclic amines) is 1. The molecule has 0 saturated carbocycles. The number of piperidine rings is 1. The van der Waals surface area contributed by atoms with Crippen molar-refractivity contribution in [2.45, 2.75) is 69.9 Å². The maximum atomic E-state index is 12.8. The van der Waals surface area contributed by atoms with Gasteiger partial charge in [0, 0.05) is 59.5 Å². The van der Waals surface area contributed by atoms with Crippen molar-refractivity contribution >= 4 is 32.9 Å². The number of benzene rings is 1. The van der Waals surface area contributed by atoms with E-state index in [1.54, 1.807) is 12.1 Å². The van der Waals surface area contributed by atoms with Gasteiger partial charge >= 0.3 is 0 Å². The molecule has 1 aliphatic heterocycles. The third-order valence-corrected chi connectivity index (χ3v) is 7.94. The third kappa shape index (κ3) is 5.92. The molecule has 182 valence electrons. The molecule has 2 heterocycles. The van der Waals surface area contributed by atoms with E-state index < -0.39 is 10.0 Å². The highest BCUT2D eigenvalue weighted by molar-refractivity contribution is 7.89. The number of aryl methyl sites for hydroxylation is 2. The Morgan fingerprint density at radius 1 is 1.21 bits per heavy atom. The lowest BCUT2D eigenvalue weighted by Gasteiger charge is -2.32. The summed E-state index contributed by atoms with van der Waals surface area (Å²) < 4.78 is 28.4. The predicted molar refractivity (Wildman–Crippen MR) is 127 cm³/mol. The summed E-state index contributed by atoms with van der Waals surface area (Å²) in [5.41, 5.74) is 1.52. The third-order valence-electron chi connectivity index (χ3n) is 6.13. The molecule has 10 heteroatoms. The lowest BCUT2D eigenvalue weighted by molar-refractivity contribution is -0.132. The first-order chi connectivity index (χ1) is 15.6. The van der Waals surface area contributed by atoms with Crippen molar-refractivity contribution < 1.29 is 18.0 Å². The summed E-state index contributed by atoms with van der Waals surface area (Å²) in [7, 11) is -0.526. The van der Waals surface area contributed by atoms with Crippen LogP contribution in [0.2, 0.25) is 0 Å². The zero-order chi connectivity index (χ0) is 24.2. The zero-order valence-corrected chi connectivity index (χ0v) is 20.8. The average Bonchev–Trinajstić information content (AvgIpc) is 3.12. The maximum Gasteiger partial charge on any atom is 0.242 e. The molecule has 1 fully saturated rings. The Bertz CT molecular complexity index is 1100. The summed E-state index contributed by atoms with van der Waals surface area (Å²) in [6.45, 7) is 5.69. The normalized spacial score (nSPS) is 15.4. The van der Waals surface area contributed by atoms with Crippen molar-refractivity contribution in [2.24, 2.45) is 0 Å². The van der Waals surface area contributed by atoms with Gasteiger partial charge in [-0.3, -0.25) is 9.59 Å². The van der Waals surface area contributed by atoms with Crippen LogP contribution in [0.15, 0.2) is 23.1 Å². The monoisotopic (exact) mass is 477 g/mol.